The molecule has 0 aliphatic carbocycles. The van der Waals surface area contributed by atoms with Gasteiger partial charge in [-0.2, -0.15) is 0 Å². The van der Waals surface area contributed by atoms with Crippen LogP contribution in [-0.4, -0.2) is 36.8 Å². The molecule has 0 saturated heterocycles. The van der Waals surface area contributed by atoms with Crippen molar-refractivity contribution in [2.45, 2.75) is 11.9 Å². The average molecular weight is 447 g/mol. The first-order chi connectivity index (χ1) is 14.3. The van der Waals surface area contributed by atoms with Crippen molar-refractivity contribution in [2.24, 2.45) is 0 Å². The molecule has 1 aromatic heterocycles. The standard InChI is InChI=1S/C21H19ClN2O5S/c1-11-4-6-15-13(8-11)19(26)18(21(27)29-3)20(24-15)30-10-17(25)23-12-5-7-16(28-2)14(22)9-12/h4-9H,10H2,1-3H3,(H,23,25)(H,24,26). The van der Waals surface area contributed by atoms with Crippen molar-refractivity contribution >= 4 is 51.8 Å². The van der Waals surface area contributed by atoms with E-state index in [4.69, 9.17) is 21.1 Å². The van der Waals surface area contributed by atoms with Crippen LogP contribution < -0.4 is 15.5 Å². The van der Waals surface area contributed by atoms with Gasteiger partial charge < -0.3 is 19.8 Å². The van der Waals surface area contributed by atoms with Gasteiger partial charge in [0.15, 0.2) is 0 Å². The van der Waals surface area contributed by atoms with Crippen LogP contribution in [0.2, 0.25) is 5.02 Å². The van der Waals surface area contributed by atoms with Crippen LogP contribution in [0.5, 0.6) is 5.75 Å². The molecule has 2 N–H and O–H groups in total. The van der Waals surface area contributed by atoms with Gasteiger partial charge in [-0.25, -0.2) is 4.79 Å². The molecule has 0 spiro atoms. The molecule has 0 unspecified atom stereocenters. The number of pyridine rings is 1. The van der Waals surface area contributed by atoms with E-state index in [1.807, 2.05) is 13.0 Å². The van der Waals surface area contributed by atoms with Gasteiger partial charge in [0.1, 0.15) is 11.3 Å². The number of benzene rings is 2. The maximum absolute atomic E-state index is 12.9. The maximum Gasteiger partial charge on any atom is 0.344 e. The largest absolute Gasteiger partial charge is 0.495 e. The number of carbonyl (C=O) groups excluding carboxylic acids is 2. The number of aryl methyl sites for hydroxylation is 1. The lowest BCUT2D eigenvalue weighted by atomic mass is 10.1. The number of amides is 1. The summed E-state index contributed by atoms with van der Waals surface area (Å²) in [5.41, 5.74) is 1.40. The highest BCUT2D eigenvalue weighted by molar-refractivity contribution is 8.00. The molecule has 0 aliphatic rings. The van der Waals surface area contributed by atoms with Crippen molar-refractivity contribution in [1.82, 2.24) is 4.98 Å². The zero-order valence-corrected chi connectivity index (χ0v) is 18.1. The number of hydrogen-bond donors (Lipinski definition) is 2. The number of anilines is 1. The van der Waals surface area contributed by atoms with Crippen molar-refractivity contribution in [2.75, 3.05) is 25.3 Å². The number of hydrogen-bond acceptors (Lipinski definition) is 6. The lowest BCUT2D eigenvalue weighted by molar-refractivity contribution is -0.113. The van der Waals surface area contributed by atoms with E-state index >= 15 is 0 Å². The van der Waals surface area contributed by atoms with Gasteiger partial charge in [0, 0.05) is 11.1 Å². The number of rotatable bonds is 6. The van der Waals surface area contributed by atoms with Gasteiger partial charge in [0.2, 0.25) is 11.3 Å². The van der Waals surface area contributed by atoms with Gasteiger partial charge >= 0.3 is 5.97 Å². The number of carbonyl (C=O) groups is 2. The van der Waals surface area contributed by atoms with E-state index in [9.17, 15) is 14.4 Å². The van der Waals surface area contributed by atoms with E-state index < -0.39 is 11.4 Å². The molecule has 3 aromatic rings. The summed E-state index contributed by atoms with van der Waals surface area (Å²) in [4.78, 5) is 40.6. The van der Waals surface area contributed by atoms with E-state index in [2.05, 4.69) is 10.3 Å². The van der Waals surface area contributed by atoms with E-state index in [0.717, 1.165) is 17.3 Å². The van der Waals surface area contributed by atoms with Crippen molar-refractivity contribution < 1.29 is 19.1 Å². The summed E-state index contributed by atoms with van der Waals surface area (Å²) in [5, 5.41) is 3.74. The topological polar surface area (TPSA) is 97.5 Å². The quantitative estimate of drug-likeness (QED) is 0.438. The van der Waals surface area contributed by atoms with Gasteiger partial charge in [-0.1, -0.05) is 35.0 Å². The van der Waals surface area contributed by atoms with Crippen LogP contribution in [-0.2, 0) is 9.53 Å². The highest BCUT2D eigenvalue weighted by Crippen LogP contribution is 2.28. The summed E-state index contributed by atoms with van der Waals surface area (Å²) in [5.74, 6) is -0.636. The van der Waals surface area contributed by atoms with Crippen LogP contribution in [0.4, 0.5) is 5.69 Å². The number of aromatic nitrogens is 1. The number of halogens is 1. The van der Waals surface area contributed by atoms with Crippen LogP contribution >= 0.6 is 23.4 Å². The van der Waals surface area contributed by atoms with Crippen LogP contribution in [0.3, 0.4) is 0 Å². The molecule has 0 atom stereocenters. The molecule has 9 heteroatoms. The summed E-state index contributed by atoms with van der Waals surface area (Å²) in [6, 6.07) is 10.2. The molecular formula is C21H19ClN2O5S. The molecule has 3 rings (SSSR count). The van der Waals surface area contributed by atoms with Gasteiger partial charge in [0.25, 0.3) is 0 Å². The fourth-order valence-electron chi connectivity index (χ4n) is 2.85. The average Bonchev–Trinajstić information content (AvgIpc) is 2.72. The predicted octanol–water partition coefficient (Wildman–Crippen LogP) is 4.02. The van der Waals surface area contributed by atoms with E-state index in [-0.39, 0.29) is 22.2 Å². The van der Waals surface area contributed by atoms with Gasteiger partial charge in [-0.05, 0) is 37.3 Å². The maximum atomic E-state index is 12.9. The Morgan fingerprint density at radius 3 is 2.60 bits per heavy atom. The minimum Gasteiger partial charge on any atom is -0.495 e. The molecule has 30 heavy (non-hydrogen) atoms. The van der Waals surface area contributed by atoms with Crippen LogP contribution in [0, 0.1) is 6.92 Å². The summed E-state index contributed by atoms with van der Waals surface area (Å²) in [6.07, 6.45) is 0. The number of thioether (sulfide) groups is 1. The van der Waals surface area contributed by atoms with Crippen molar-refractivity contribution in [3.63, 3.8) is 0 Å². The minimum absolute atomic E-state index is 0.0407. The Balaban J connectivity index is 1.85. The number of fused-ring (bicyclic) bond motifs is 1. The Morgan fingerprint density at radius 1 is 1.17 bits per heavy atom. The van der Waals surface area contributed by atoms with E-state index in [1.165, 1.54) is 14.2 Å². The zero-order valence-electron chi connectivity index (χ0n) is 16.5. The lowest BCUT2D eigenvalue weighted by Crippen LogP contribution is -2.20. The third kappa shape index (κ3) is 4.60. The zero-order chi connectivity index (χ0) is 21.8. The van der Waals surface area contributed by atoms with Crippen molar-refractivity contribution in [3.05, 3.63) is 62.8 Å². The third-order valence-corrected chi connectivity index (χ3v) is 5.59. The Kier molecular flexibility index (Phi) is 6.69. The van der Waals surface area contributed by atoms with Crippen LogP contribution in [0.1, 0.15) is 15.9 Å². The molecule has 2 aromatic carbocycles. The number of H-pyrrole nitrogens is 1. The predicted molar refractivity (Wildman–Crippen MR) is 118 cm³/mol. The number of nitrogens with one attached hydrogen (secondary N) is 2. The molecule has 1 heterocycles. The molecule has 0 bridgehead atoms. The summed E-state index contributed by atoms with van der Waals surface area (Å²) in [6.45, 7) is 1.86. The van der Waals surface area contributed by atoms with Crippen molar-refractivity contribution in [1.29, 1.82) is 0 Å². The molecule has 0 fully saturated rings. The Hall–Kier alpha value is -2.97. The molecule has 0 radical (unpaired) electrons. The minimum atomic E-state index is -0.760. The first kappa shape index (κ1) is 21.7. The van der Waals surface area contributed by atoms with E-state index in [1.54, 1.807) is 30.3 Å². The monoisotopic (exact) mass is 446 g/mol. The number of aromatic amines is 1. The summed E-state index contributed by atoms with van der Waals surface area (Å²) in [7, 11) is 2.71. The SMILES string of the molecule is COC(=O)c1c(SCC(=O)Nc2ccc(OC)c(Cl)c2)[nH]c2ccc(C)cc2c1=O. The van der Waals surface area contributed by atoms with Gasteiger partial charge in [-0.15, -0.1) is 0 Å². The molecule has 1 amide bonds. The summed E-state index contributed by atoms with van der Waals surface area (Å²) < 4.78 is 9.86. The third-order valence-electron chi connectivity index (χ3n) is 4.29. The lowest BCUT2D eigenvalue weighted by Gasteiger charge is -2.11. The Labute approximate surface area is 181 Å². The first-order valence-corrected chi connectivity index (χ1v) is 10.2. The van der Waals surface area contributed by atoms with Crippen LogP contribution in [0.25, 0.3) is 10.9 Å². The second kappa shape index (κ2) is 9.23. The van der Waals surface area contributed by atoms with Crippen molar-refractivity contribution in [3.8, 4) is 5.75 Å². The number of methoxy groups -OCH3 is 2. The Morgan fingerprint density at radius 2 is 1.93 bits per heavy atom. The molecule has 0 saturated carbocycles. The molecular weight excluding hydrogens is 428 g/mol. The molecule has 0 aliphatic heterocycles. The van der Waals surface area contributed by atoms with Crippen LogP contribution in [0.15, 0.2) is 46.2 Å². The summed E-state index contributed by atoms with van der Waals surface area (Å²) >= 11 is 7.11. The number of esters is 1. The smallest absolute Gasteiger partial charge is 0.344 e. The van der Waals surface area contributed by atoms with Gasteiger partial charge in [-0.3, -0.25) is 9.59 Å². The molecule has 156 valence electrons. The second-order valence-electron chi connectivity index (χ2n) is 6.39. The fourth-order valence-corrected chi connectivity index (χ4v) is 3.96. The highest BCUT2D eigenvalue weighted by Gasteiger charge is 2.21. The highest BCUT2D eigenvalue weighted by atomic mass is 35.5. The number of ether oxygens (including phenoxy) is 2. The first-order valence-electron chi connectivity index (χ1n) is 8.85. The molecule has 7 nitrogen and oxygen atoms in total. The Bertz CT molecular complexity index is 1190. The van der Waals surface area contributed by atoms with Gasteiger partial charge in [0.05, 0.1) is 35.5 Å². The fraction of sp³-hybridized carbons (Fsp3) is 0.190. The second-order valence-corrected chi connectivity index (χ2v) is 7.78. The normalized spacial score (nSPS) is 10.7. The van der Waals surface area contributed by atoms with E-state index in [0.29, 0.717) is 27.4 Å².